The highest BCUT2D eigenvalue weighted by atomic mass is 16.5. The topological polar surface area (TPSA) is 27.7 Å². The van der Waals surface area contributed by atoms with E-state index in [2.05, 4.69) is 42.5 Å². The largest absolute Gasteiger partial charge is 0.497 e. The van der Waals surface area contributed by atoms with Crippen molar-refractivity contribution in [1.82, 2.24) is 0 Å². The lowest BCUT2D eigenvalue weighted by Crippen LogP contribution is -2.20. The monoisotopic (exact) mass is 346 g/mol. The molecule has 2 atom stereocenters. The molecule has 1 heterocycles. The molecule has 3 heteroatoms. The Balaban J connectivity index is 1.76. The second-order valence-electron chi connectivity index (χ2n) is 6.48. The molecule has 26 heavy (non-hydrogen) atoms. The summed E-state index contributed by atoms with van der Waals surface area (Å²) in [6.45, 7) is 0. The lowest BCUT2D eigenvalue weighted by atomic mass is 9.82. The lowest BCUT2D eigenvalue weighted by molar-refractivity contribution is 0.167. The van der Waals surface area contributed by atoms with Crippen LogP contribution in [-0.2, 0) is 0 Å². The zero-order chi connectivity index (χ0) is 17.9. The van der Waals surface area contributed by atoms with E-state index in [-0.39, 0.29) is 12.0 Å². The lowest BCUT2D eigenvalue weighted by Gasteiger charge is -2.33. The Morgan fingerprint density at radius 3 is 2.15 bits per heavy atom. The molecule has 3 nitrogen and oxygen atoms in total. The maximum absolute atomic E-state index is 6.35. The van der Waals surface area contributed by atoms with E-state index in [1.165, 1.54) is 16.7 Å². The molecule has 0 N–H and O–H groups in total. The molecule has 2 unspecified atom stereocenters. The molecule has 132 valence electrons. The van der Waals surface area contributed by atoms with Crippen LogP contribution in [0.2, 0.25) is 0 Å². The predicted molar refractivity (Wildman–Crippen MR) is 102 cm³/mol. The number of fused-ring (bicyclic) bond motifs is 1. The van der Waals surface area contributed by atoms with Gasteiger partial charge in [0.15, 0.2) is 0 Å². The molecular weight excluding hydrogens is 324 g/mol. The smallest absolute Gasteiger partial charge is 0.127 e. The molecule has 4 rings (SSSR count). The first-order valence-corrected chi connectivity index (χ1v) is 8.82. The van der Waals surface area contributed by atoms with Gasteiger partial charge in [0.2, 0.25) is 0 Å². The van der Waals surface area contributed by atoms with Crippen LogP contribution in [0.1, 0.15) is 35.1 Å². The summed E-state index contributed by atoms with van der Waals surface area (Å²) >= 11 is 0. The minimum Gasteiger partial charge on any atom is -0.497 e. The van der Waals surface area contributed by atoms with Gasteiger partial charge in [0.1, 0.15) is 23.4 Å². The molecule has 3 aromatic carbocycles. The van der Waals surface area contributed by atoms with Crippen molar-refractivity contribution in [1.29, 1.82) is 0 Å². The number of methoxy groups -OCH3 is 2. The third kappa shape index (κ3) is 3.13. The van der Waals surface area contributed by atoms with Crippen molar-refractivity contribution in [3.05, 3.63) is 89.5 Å². The van der Waals surface area contributed by atoms with Crippen LogP contribution in [0.25, 0.3) is 0 Å². The minimum atomic E-state index is 0.0166. The summed E-state index contributed by atoms with van der Waals surface area (Å²) in [4.78, 5) is 0. The zero-order valence-electron chi connectivity index (χ0n) is 15.0. The summed E-state index contributed by atoms with van der Waals surface area (Å²) in [5, 5.41) is 0. The van der Waals surface area contributed by atoms with Gasteiger partial charge in [-0.2, -0.15) is 0 Å². The van der Waals surface area contributed by atoms with Crippen LogP contribution >= 0.6 is 0 Å². The Kier molecular flexibility index (Phi) is 4.53. The predicted octanol–water partition coefficient (Wildman–Crippen LogP) is 5.36. The van der Waals surface area contributed by atoms with Gasteiger partial charge in [0.05, 0.1) is 14.2 Å². The fourth-order valence-electron chi connectivity index (χ4n) is 3.60. The van der Waals surface area contributed by atoms with E-state index in [9.17, 15) is 0 Å². The summed E-state index contributed by atoms with van der Waals surface area (Å²) in [6, 6.07) is 24.8. The Hall–Kier alpha value is -2.94. The van der Waals surface area contributed by atoms with Crippen molar-refractivity contribution in [2.24, 2.45) is 0 Å². The molecule has 0 aliphatic carbocycles. The average molecular weight is 346 g/mol. The summed E-state index contributed by atoms with van der Waals surface area (Å²) in [5.41, 5.74) is 3.66. The molecule has 0 fully saturated rings. The molecule has 0 aromatic heterocycles. The number of rotatable bonds is 4. The van der Waals surface area contributed by atoms with Gasteiger partial charge in [-0.1, -0.05) is 48.5 Å². The molecule has 0 radical (unpaired) electrons. The van der Waals surface area contributed by atoms with E-state index in [1.54, 1.807) is 14.2 Å². The Morgan fingerprint density at radius 1 is 0.769 bits per heavy atom. The highest BCUT2D eigenvalue weighted by Crippen LogP contribution is 2.46. The fraction of sp³-hybridized carbons (Fsp3) is 0.217. The van der Waals surface area contributed by atoms with Crippen LogP contribution in [0.3, 0.4) is 0 Å². The van der Waals surface area contributed by atoms with Gasteiger partial charge >= 0.3 is 0 Å². The molecule has 1 aliphatic heterocycles. The standard InChI is InChI=1S/C23H22O3/c1-24-18-10-8-16(9-11-18)21-15-22(17-6-4-3-5-7-17)26-23-14-19(25-2)12-13-20(21)23/h3-14,21-22H,15H2,1-2H3. The first-order chi connectivity index (χ1) is 12.8. The van der Waals surface area contributed by atoms with E-state index < -0.39 is 0 Å². The quantitative estimate of drug-likeness (QED) is 0.636. The molecule has 0 amide bonds. The first kappa shape index (κ1) is 16.5. The number of hydrogen-bond acceptors (Lipinski definition) is 3. The third-order valence-corrected chi connectivity index (χ3v) is 5.00. The molecule has 0 spiro atoms. The van der Waals surface area contributed by atoms with Gasteiger partial charge in [-0.15, -0.1) is 0 Å². The van der Waals surface area contributed by atoms with Crippen LogP contribution in [0.15, 0.2) is 72.8 Å². The van der Waals surface area contributed by atoms with Crippen molar-refractivity contribution in [3.8, 4) is 17.2 Å². The van der Waals surface area contributed by atoms with Crippen LogP contribution in [-0.4, -0.2) is 14.2 Å². The van der Waals surface area contributed by atoms with Crippen LogP contribution < -0.4 is 14.2 Å². The van der Waals surface area contributed by atoms with E-state index in [0.717, 1.165) is 23.7 Å². The molecule has 3 aromatic rings. The third-order valence-electron chi connectivity index (χ3n) is 5.00. The maximum atomic E-state index is 6.35. The van der Waals surface area contributed by atoms with Crippen molar-refractivity contribution < 1.29 is 14.2 Å². The van der Waals surface area contributed by atoms with Crippen LogP contribution in [0.5, 0.6) is 17.2 Å². The Labute approximate surface area is 154 Å². The van der Waals surface area contributed by atoms with E-state index >= 15 is 0 Å². The highest BCUT2D eigenvalue weighted by Gasteiger charge is 2.30. The number of benzene rings is 3. The molecule has 0 bridgehead atoms. The van der Waals surface area contributed by atoms with E-state index in [4.69, 9.17) is 14.2 Å². The number of hydrogen-bond donors (Lipinski definition) is 0. The number of ether oxygens (including phenoxy) is 3. The van der Waals surface area contributed by atoms with Gasteiger partial charge < -0.3 is 14.2 Å². The summed E-state index contributed by atoms with van der Waals surface area (Å²) < 4.78 is 17.1. The van der Waals surface area contributed by atoms with E-state index in [0.29, 0.717) is 0 Å². The molecule has 0 saturated heterocycles. The molecular formula is C23H22O3. The Morgan fingerprint density at radius 2 is 1.46 bits per heavy atom. The average Bonchev–Trinajstić information content (AvgIpc) is 2.73. The highest BCUT2D eigenvalue weighted by molar-refractivity contribution is 5.49. The van der Waals surface area contributed by atoms with Crippen molar-refractivity contribution in [2.75, 3.05) is 14.2 Å². The van der Waals surface area contributed by atoms with Crippen molar-refractivity contribution in [2.45, 2.75) is 18.4 Å². The summed E-state index contributed by atoms with van der Waals surface area (Å²) in [5.74, 6) is 2.84. The van der Waals surface area contributed by atoms with Gasteiger partial charge in [0, 0.05) is 17.5 Å². The van der Waals surface area contributed by atoms with Gasteiger partial charge in [-0.05, 0) is 35.7 Å². The van der Waals surface area contributed by atoms with E-state index in [1.807, 2.05) is 30.3 Å². The molecule has 1 aliphatic rings. The summed E-state index contributed by atoms with van der Waals surface area (Å²) in [6.07, 6.45) is 0.915. The normalized spacial score (nSPS) is 18.5. The molecule has 0 saturated carbocycles. The first-order valence-electron chi connectivity index (χ1n) is 8.82. The van der Waals surface area contributed by atoms with Gasteiger partial charge in [0.25, 0.3) is 0 Å². The second kappa shape index (κ2) is 7.12. The second-order valence-corrected chi connectivity index (χ2v) is 6.48. The minimum absolute atomic E-state index is 0.0166. The van der Waals surface area contributed by atoms with Crippen molar-refractivity contribution in [3.63, 3.8) is 0 Å². The summed E-state index contributed by atoms with van der Waals surface area (Å²) in [7, 11) is 3.37. The SMILES string of the molecule is COc1ccc(C2CC(c3ccccc3)Oc3cc(OC)ccc32)cc1. The van der Waals surface area contributed by atoms with Gasteiger partial charge in [-0.25, -0.2) is 0 Å². The zero-order valence-corrected chi connectivity index (χ0v) is 15.0. The Bertz CT molecular complexity index is 872. The fourth-order valence-corrected chi connectivity index (χ4v) is 3.60. The van der Waals surface area contributed by atoms with Gasteiger partial charge in [-0.3, -0.25) is 0 Å². The van der Waals surface area contributed by atoms with Crippen molar-refractivity contribution >= 4 is 0 Å². The van der Waals surface area contributed by atoms with Crippen LogP contribution in [0, 0.1) is 0 Å². The maximum Gasteiger partial charge on any atom is 0.127 e. The van der Waals surface area contributed by atoms with Crippen LogP contribution in [0.4, 0.5) is 0 Å².